The fourth-order valence-corrected chi connectivity index (χ4v) is 5.00. The van der Waals surface area contributed by atoms with Crippen LogP contribution >= 0.6 is 0 Å². The van der Waals surface area contributed by atoms with Crippen LogP contribution in [0.5, 0.6) is 0 Å². The Morgan fingerprint density at radius 3 is 2.13 bits per heavy atom. The summed E-state index contributed by atoms with van der Waals surface area (Å²) in [6, 6.07) is 0. The minimum Gasteiger partial charge on any atom is -0.462 e. The molecule has 1 unspecified atom stereocenters. The number of aliphatic hydroxyl groups is 3. The normalized spacial score (nSPS) is 23.0. The lowest BCUT2D eigenvalue weighted by Crippen LogP contribution is -2.60. The smallest absolute Gasteiger partial charge is 0.306 e. The van der Waals surface area contributed by atoms with Crippen LogP contribution in [0.2, 0.25) is 0 Å². The van der Waals surface area contributed by atoms with Crippen LogP contribution in [-0.4, -0.2) is 96.0 Å². The molecule has 1 saturated heterocycles. The molecule has 4 N–H and O–H groups in total. The fourth-order valence-electron chi connectivity index (χ4n) is 4.31. The molecule has 1 aliphatic heterocycles. The van der Waals surface area contributed by atoms with Gasteiger partial charge in [0.15, 0.2) is 12.4 Å². The minimum atomic E-state index is -4.61. The molecule has 0 radical (unpaired) electrons. The Balaban J connectivity index is 2.69. The largest absolute Gasteiger partial charge is 0.462 e. The topological polar surface area (TPSA) is 186 Å². The summed E-state index contributed by atoms with van der Waals surface area (Å²) in [7, 11) is -4.61. The van der Waals surface area contributed by atoms with Crippen molar-refractivity contribution in [2.75, 3.05) is 19.0 Å². The number of aliphatic hydroxyl groups excluding tert-OH is 3. The van der Waals surface area contributed by atoms with E-state index in [1.54, 1.807) is 18.2 Å². The number of rotatable bonds is 24. The maximum Gasteiger partial charge on any atom is 0.306 e. The summed E-state index contributed by atoms with van der Waals surface area (Å²) >= 11 is 0. The van der Waals surface area contributed by atoms with Gasteiger partial charge in [-0.1, -0.05) is 112 Å². The molecule has 1 fully saturated rings. The molecule has 47 heavy (non-hydrogen) atoms. The van der Waals surface area contributed by atoms with E-state index in [1.165, 1.54) is 0 Å². The minimum absolute atomic E-state index is 0.00719. The van der Waals surface area contributed by atoms with Crippen LogP contribution in [0.3, 0.4) is 0 Å². The van der Waals surface area contributed by atoms with Gasteiger partial charge in [-0.3, -0.25) is 14.1 Å². The number of carbonyl (C=O) groups excluding carboxylic acids is 2. The first-order valence-electron chi connectivity index (χ1n) is 16.0. The van der Waals surface area contributed by atoms with Gasteiger partial charge in [0, 0.05) is 12.8 Å². The van der Waals surface area contributed by atoms with Crippen molar-refractivity contribution >= 4 is 22.1 Å². The summed E-state index contributed by atoms with van der Waals surface area (Å²) in [4.78, 5) is 24.9. The first-order chi connectivity index (χ1) is 22.5. The molecule has 0 aliphatic carbocycles. The summed E-state index contributed by atoms with van der Waals surface area (Å²) in [6.45, 7) is 4.92. The predicted octanol–water partition coefficient (Wildman–Crippen LogP) is 4.04. The standard InChI is InChI=1S/C34H52O12S/c1-3-5-7-9-11-12-13-14-15-16-17-19-21-23-30(36)45-27(24-43-29(35)22-20-18-10-8-6-4-2)25-44-34-33(39)32(38)31(37)28(46-34)26-47(40,41)42/h3,5,7,11-17,19,27-28,31-34,37-39H,1,4,6,8-10,18,20-26H2,2H3,(H,40,41,42)/b7-5+,12-11+,14-13+,16-15+,19-17+/t27-,28-,31-,32+,33-,34?/m1/s1. The van der Waals surface area contributed by atoms with E-state index in [9.17, 15) is 33.3 Å². The summed E-state index contributed by atoms with van der Waals surface area (Å²) < 4.78 is 53.3. The molecule has 12 nitrogen and oxygen atoms in total. The molecule has 0 saturated carbocycles. The molecular formula is C34H52O12S. The second-order valence-corrected chi connectivity index (χ2v) is 12.5. The summed E-state index contributed by atoms with van der Waals surface area (Å²) in [5.41, 5.74) is 0. The molecule has 0 aromatic carbocycles. The van der Waals surface area contributed by atoms with Crippen LogP contribution in [0.15, 0.2) is 73.4 Å². The molecule has 0 aromatic heterocycles. The van der Waals surface area contributed by atoms with Gasteiger partial charge in [0.25, 0.3) is 10.1 Å². The Morgan fingerprint density at radius 2 is 1.45 bits per heavy atom. The van der Waals surface area contributed by atoms with Crippen molar-refractivity contribution in [2.45, 2.75) is 108 Å². The maximum atomic E-state index is 12.6. The van der Waals surface area contributed by atoms with Crippen molar-refractivity contribution in [1.82, 2.24) is 0 Å². The number of carbonyl (C=O) groups is 2. The van der Waals surface area contributed by atoms with Crippen LogP contribution < -0.4 is 0 Å². The van der Waals surface area contributed by atoms with Gasteiger partial charge in [-0.2, -0.15) is 8.42 Å². The van der Waals surface area contributed by atoms with Gasteiger partial charge in [0.1, 0.15) is 36.8 Å². The van der Waals surface area contributed by atoms with E-state index < -0.39 is 71.2 Å². The summed E-state index contributed by atoms with van der Waals surface area (Å²) in [5.74, 6) is -2.15. The van der Waals surface area contributed by atoms with Crippen molar-refractivity contribution in [3.8, 4) is 0 Å². The van der Waals surface area contributed by atoms with Crippen molar-refractivity contribution in [1.29, 1.82) is 0 Å². The second kappa shape index (κ2) is 25.2. The van der Waals surface area contributed by atoms with Crippen LogP contribution in [0, 0.1) is 0 Å². The van der Waals surface area contributed by atoms with E-state index in [2.05, 4.69) is 13.5 Å². The first-order valence-corrected chi connectivity index (χ1v) is 17.6. The number of hydrogen-bond acceptors (Lipinski definition) is 11. The van der Waals surface area contributed by atoms with Crippen molar-refractivity contribution < 1.29 is 56.8 Å². The molecule has 0 aromatic rings. The predicted molar refractivity (Wildman–Crippen MR) is 178 cm³/mol. The number of hydrogen-bond donors (Lipinski definition) is 4. The molecule has 266 valence electrons. The molecule has 0 amide bonds. The van der Waals surface area contributed by atoms with E-state index >= 15 is 0 Å². The van der Waals surface area contributed by atoms with Crippen LogP contribution in [0.25, 0.3) is 0 Å². The van der Waals surface area contributed by atoms with Crippen molar-refractivity contribution in [3.05, 3.63) is 73.4 Å². The Morgan fingerprint density at radius 1 is 0.809 bits per heavy atom. The lowest BCUT2D eigenvalue weighted by molar-refractivity contribution is -0.297. The molecule has 1 heterocycles. The van der Waals surface area contributed by atoms with Gasteiger partial charge in [-0.05, 0) is 19.3 Å². The third-order valence-corrected chi connectivity index (χ3v) is 7.59. The highest BCUT2D eigenvalue weighted by atomic mass is 32.2. The van der Waals surface area contributed by atoms with Crippen LogP contribution in [0.4, 0.5) is 0 Å². The van der Waals surface area contributed by atoms with Crippen molar-refractivity contribution in [3.63, 3.8) is 0 Å². The Labute approximate surface area is 278 Å². The fraction of sp³-hybridized carbons (Fsp3) is 0.588. The highest BCUT2D eigenvalue weighted by Crippen LogP contribution is 2.23. The number of allylic oxidation sites excluding steroid dienone is 11. The van der Waals surface area contributed by atoms with Crippen LogP contribution in [-0.2, 0) is 38.7 Å². The average molecular weight is 685 g/mol. The molecular weight excluding hydrogens is 632 g/mol. The lowest BCUT2D eigenvalue weighted by atomic mass is 10.00. The molecule has 0 spiro atoms. The molecule has 6 atom stereocenters. The zero-order valence-corrected chi connectivity index (χ0v) is 28.0. The van der Waals surface area contributed by atoms with Gasteiger partial charge in [-0.25, -0.2) is 0 Å². The van der Waals surface area contributed by atoms with E-state index in [-0.39, 0.29) is 19.4 Å². The second-order valence-electron chi connectivity index (χ2n) is 11.0. The average Bonchev–Trinajstić information content (AvgIpc) is 3.02. The van der Waals surface area contributed by atoms with E-state index in [0.717, 1.165) is 38.5 Å². The Hall–Kier alpha value is -2.91. The third-order valence-electron chi connectivity index (χ3n) is 6.84. The zero-order valence-electron chi connectivity index (χ0n) is 27.2. The Kier molecular flexibility index (Phi) is 22.5. The number of ether oxygens (including phenoxy) is 4. The number of unbranched alkanes of at least 4 members (excludes halogenated alkanes) is 5. The Bertz CT molecular complexity index is 1160. The lowest BCUT2D eigenvalue weighted by Gasteiger charge is -2.40. The molecule has 1 rings (SSSR count). The quantitative estimate of drug-likeness (QED) is 0.0496. The van der Waals surface area contributed by atoms with E-state index in [1.807, 2.05) is 48.6 Å². The van der Waals surface area contributed by atoms with E-state index in [0.29, 0.717) is 12.8 Å². The molecule has 13 heteroatoms. The monoisotopic (exact) mass is 684 g/mol. The SMILES string of the molecule is C=C/C=C/C/C=C/C=C/C=C/C=C/CCC(=O)O[C@H](COC(=O)CCCCCCCC)COC1O[C@H](CS(=O)(=O)O)[C@@H](O)[C@H](O)[C@H]1O. The van der Waals surface area contributed by atoms with Gasteiger partial charge in [-0.15, -0.1) is 0 Å². The maximum absolute atomic E-state index is 12.6. The van der Waals surface area contributed by atoms with E-state index in [4.69, 9.17) is 23.5 Å². The highest BCUT2D eigenvalue weighted by Gasteiger charge is 2.46. The molecule has 1 aliphatic rings. The van der Waals surface area contributed by atoms with Crippen LogP contribution in [0.1, 0.15) is 71.1 Å². The van der Waals surface area contributed by atoms with Gasteiger partial charge in [0.2, 0.25) is 0 Å². The van der Waals surface area contributed by atoms with Gasteiger partial charge >= 0.3 is 11.9 Å². The number of esters is 2. The van der Waals surface area contributed by atoms with Gasteiger partial charge in [0.05, 0.1) is 6.61 Å². The summed E-state index contributed by atoms with van der Waals surface area (Å²) in [5, 5.41) is 30.5. The van der Waals surface area contributed by atoms with Gasteiger partial charge < -0.3 is 34.3 Å². The zero-order chi connectivity index (χ0) is 34.9. The highest BCUT2D eigenvalue weighted by molar-refractivity contribution is 7.85. The summed E-state index contributed by atoms with van der Waals surface area (Å²) in [6.07, 6.45) is 17.9. The molecule has 0 bridgehead atoms. The first kappa shape index (κ1) is 42.1. The van der Waals surface area contributed by atoms with Crippen molar-refractivity contribution in [2.24, 2.45) is 0 Å². The third kappa shape index (κ3) is 20.8.